The lowest BCUT2D eigenvalue weighted by molar-refractivity contribution is 0.425. The second-order valence-electron chi connectivity index (χ2n) is 6.38. The Kier molecular flexibility index (Phi) is 5.80. The van der Waals surface area contributed by atoms with Crippen LogP contribution < -0.4 is 5.32 Å². The molecule has 0 aromatic carbocycles. The average Bonchev–Trinajstić information content (AvgIpc) is 2.65. The van der Waals surface area contributed by atoms with Crippen LogP contribution in [0.3, 0.4) is 0 Å². The second kappa shape index (κ2) is 6.67. The zero-order chi connectivity index (χ0) is 13.8. The average molecular weight is 268 g/mol. The van der Waals surface area contributed by atoms with E-state index < -0.39 is 0 Å². The normalized spacial score (nSPS) is 15.7. The van der Waals surface area contributed by atoms with Crippen molar-refractivity contribution in [3.05, 3.63) is 16.1 Å². The smallest absolute Gasteiger partial charge is 0.0931 e. The molecule has 0 aliphatic carbocycles. The molecule has 0 aliphatic heterocycles. The molecule has 1 aromatic heterocycles. The van der Waals surface area contributed by atoms with E-state index in [1.807, 2.05) is 11.3 Å². The molecule has 2 unspecified atom stereocenters. The Bertz CT molecular complexity index is 352. The molecular weight excluding hydrogens is 240 g/mol. The van der Waals surface area contributed by atoms with E-state index in [9.17, 15) is 0 Å². The first-order chi connectivity index (χ1) is 8.32. The number of hydrogen-bond acceptors (Lipinski definition) is 3. The molecule has 0 bridgehead atoms. The molecule has 1 aromatic rings. The molecule has 0 amide bonds. The molecule has 2 nitrogen and oxygen atoms in total. The van der Waals surface area contributed by atoms with Gasteiger partial charge in [0, 0.05) is 23.3 Å². The lowest BCUT2D eigenvalue weighted by Gasteiger charge is -2.17. The zero-order valence-corrected chi connectivity index (χ0v) is 13.5. The summed E-state index contributed by atoms with van der Waals surface area (Å²) < 4.78 is 0. The van der Waals surface area contributed by atoms with Gasteiger partial charge in [0.2, 0.25) is 0 Å². The molecule has 1 N–H and O–H groups in total. The van der Waals surface area contributed by atoms with Crippen LogP contribution in [-0.2, 0) is 11.8 Å². The van der Waals surface area contributed by atoms with Gasteiger partial charge in [0.1, 0.15) is 0 Å². The lowest BCUT2D eigenvalue weighted by atomic mass is 9.93. The summed E-state index contributed by atoms with van der Waals surface area (Å²) in [7, 11) is 0. The Hall–Kier alpha value is -0.410. The highest BCUT2D eigenvalue weighted by atomic mass is 32.1. The highest BCUT2D eigenvalue weighted by Gasteiger charge is 2.18. The lowest BCUT2D eigenvalue weighted by Crippen LogP contribution is -2.27. The van der Waals surface area contributed by atoms with Crippen molar-refractivity contribution in [1.29, 1.82) is 0 Å². The predicted octanol–water partition coefficient (Wildman–Crippen LogP) is 4.01. The van der Waals surface area contributed by atoms with Gasteiger partial charge in [0.05, 0.1) is 10.7 Å². The van der Waals surface area contributed by atoms with Crippen LogP contribution in [-0.4, -0.2) is 17.6 Å². The molecule has 0 saturated carbocycles. The Morgan fingerprint density at radius 2 is 2.00 bits per heavy atom. The highest BCUT2D eigenvalue weighted by Crippen LogP contribution is 2.25. The minimum absolute atomic E-state index is 0.176. The van der Waals surface area contributed by atoms with Gasteiger partial charge < -0.3 is 5.32 Å². The highest BCUT2D eigenvalue weighted by molar-refractivity contribution is 7.09. The van der Waals surface area contributed by atoms with Gasteiger partial charge in [-0.15, -0.1) is 11.3 Å². The monoisotopic (exact) mass is 268 g/mol. The standard InChI is InChI=1S/C15H28N2S/c1-7-16-12(3)8-11(2)9-14-17-13(10-18-14)15(4,5)6/h10-12,16H,7-9H2,1-6H3. The third kappa shape index (κ3) is 5.07. The second-order valence-corrected chi connectivity index (χ2v) is 7.32. The Labute approximate surface area is 116 Å². The van der Waals surface area contributed by atoms with Crippen LogP contribution in [0.5, 0.6) is 0 Å². The van der Waals surface area contributed by atoms with Crippen LogP contribution in [0.15, 0.2) is 5.38 Å². The predicted molar refractivity (Wildman–Crippen MR) is 81.4 cm³/mol. The summed E-state index contributed by atoms with van der Waals surface area (Å²) in [6.07, 6.45) is 2.33. The largest absolute Gasteiger partial charge is 0.315 e. The molecule has 0 fully saturated rings. The van der Waals surface area contributed by atoms with Crippen LogP contribution in [0, 0.1) is 5.92 Å². The summed E-state index contributed by atoms with van der Waals surface area (Å²) in [5.74, 6) is 0.693. The van der Waals surface area contributed by atoms with E-state index >= 15 is 0 Å². The van der Waals surface area contributed by atoms with Gasteiger partial charge in [-0.2, -0.15) is 0 Å². The Morgan fingerprint density at radius 1 is 1.33 bits per heavy atom. The number of aromatic nitrogens is 1. The summed E-state index contributed by atoms with van der Waals surface area (Å²) in [6, 6.07) is 0.604. The zero-order valence-electron chi connectivity index (χ0n) is 12.7. The first kappa shape index (κ1) is 15.6. The van der Waals surface area contributed by atoms with Crippen molar-refractivity contribution in [2.45, 2.75) is 65.8 Å². The summed E-state index contributed by atoms with van der Waals surface area (Å²) in [5, 5.41) is 6.98. The van der Waals surface area contributed by atoms with Crippen molar-refractivity contribution in [1.82, 2.24) is 10.3 Å². The van der Waals surface area contributed by atoms with Crippen molar-refractivity contribution < 1.29 is 0 Å². The number of rotatable bonds is 6. The number of nitrogens with zero attached hydrogens (tertiary/aromatic N) is 1. The quantitative estimate of drug-likeness (QED) is 0.843. The molecule has 0 spiro atoms. The number of nitrogens with one attached hydrogen (secondary N) is 1. The van der Waals surface area contributed by atoms with E-state index in [1.54, 1.807) is 0 Å². The van der Waals surface area contributed by atoms with E-state index in [0.29, 0.717) is 12.0 Å². The van der Waals surface area contributed by atoms with E-state index in [4.69, 9.17) is 4.98 Å². The van der Waals surface area contributed by atoms with E-state index in [2.05, 4.69) is 52.2 Å². The summed E-state index contributed by atoms with van der Waals surface area (Å²) in [4.78, 5) is 4.77. The van der Waals surface area contributed by atoms with Crippen LogP contribution in [0.4, 0.5) is 0 Å². The van der Waals surface area contributed by atoms with Gasteiger partial charge in [-0.3, -0.25) is 0 Å². The third-order valence-corrected chi connectivity index (χ3v) is 4.02. The maximum Gasteiger partial charge on any atom is 0.0931 e. The van der Waals surface area contributed by atoms with Gasteiger partial charge >= 0.3 is 0 Å². The first-order valence-corrected chi connectivity index (χ1v) is 7.89. The minimum Gasteiger partial charge on any atom is -0.315 e. The van der Waals surface area contributed by atoms with Crippen molar-refractivity contribution in [2.75, 3.05) is 6.54 Å². The fourth-order valence-corrected chi connectivity index (χ4v) is 3.35. The van der Waals surface area contributed by atoms with Gasteiger partial charge in [0.25, 0.3) is 0 Å². The van der Waals surface area contributed by atoms with Crippen LogP contribution in [0.2, 0.25) is 0 Å². The Balaban J connectivity index is 2.49. The van der Waals surface area contributed by atoms with Gasteiger partial charge in [-0.1, -0.05) is 34.6 Å². The maximum absolute atomic E-state index is 4.77. The van der Waals surface area contributed by atoms with E-state index in [-0.39, 0.29) is 5.41 Å². The molecule has 104 valence electrons. The molecule has 1 heterocycles. The maximum atomic E-state index is 4.77. The summed E-state index contributed by atoms with van der Waals surface area (Å²) in [6.45, 7) is 14.5. The van der Waals surface area contributed by atoms with E-state index in [0.717, 1.165) is 13.0 Å². The van der Waals surface area contributed by atoms with Gasteiger partial charge in [0.15, 0.2) is 0 Å². The topological polar surface area (TPSA) is 24.9 Å². The molecule has 2 atom stereocenters. The molecular formula is C15H28N2S. The van der Waals surface area contributed by atoms with Gasteiger partial charge in [-0.05, 0) is 25.8 Å². The van der Waals surface area contributed by atoms with Crippen LogP contribution in [0.1, 0.15) is 58.7 Å². The number of hydrogen-bond donors (Lipinski definition) is 1. The van der Waals surface area contributed by atoms with Crippen LogP contribution in [0.25, 0.3) is 0 Å². The molecule has 18 heavy (non-hydrogen) atoms. The molecule has 1 rings (SSSR count). The van der Waals surface area contributed by atoms with Gasteiger partial charge in [-0.25, -0.2) is 4.98 Å². The fourth-order valence-electron chi connectivity index (χ4n) is 2.17. The summed E-state index contributed by atoms with van der Waals surface area (Å²) >= 11 is 1.81. The molecule has 3 heteroatoms. The van der Waals surface area contributed by atoms with Crippen molar-refractivity contribution in [3.8, 4) is 0 Å². The molecule has 0 radical (unpaired) electrons. The molecule has 0 saturated heterocycles. The first-order valence-electron chi connectivity index (χ1n) is 7.01. The number of thiazole rings is 1. The minimum atomic E-state index is 0.176. The Morgan fingerprint density at radius 3 is 2.50 bits per heavy atom. The summed E-state index contributed by atoms with van der Waals surface area (Å²) in [5.41, 5.74) is 1.41. The van der Waals surface area contributed by atoms with E-state index in [1.165, 1.54) is 17.1 Å². The van der Waals surface area contributed by atoms with Crippen molar-refractivity contribution in [3.63, 3.8) is 0 Å². The SMILES string of the molecule is CCNC(C)CC(C)Cc1nc(C(C)(C)C)cs1. The van der Waals surface area contributed by atoms with Crippen molar-refractivity contribution in [2.24, 2.45) is 5.92 Å². The molecule has 0 aliphatic rings. The van der Waals surface area contributed by atoms with Crippen molar-refractivity contribution >= 4 is 11.3 Å². The third-order valence-electron chi connectivity index (χ3n) is 3.15. The fraction of sp³-hybridized carbons (Fsp3) is 0.800. The van der Waals surface area contributed by atoms with Crippen LogP contribution >= 0.6 is 11.3 Å².